The van der Waals surface area contributed by atoms with Crippen molar-refractivity contribution in [3.05, 3.63) is 35.9 Å². The molecule has 1 aliphatic rings. The van der Waals surface area contributed by atoms with Crippen molar-refractivity contribution in [2.75, 3.05) is 26.7 Å². The van der Waals surface area contributed by atoms with Crippen molar-refractivity contribution in [1.29, 1.82) is 0 Å². The average Bonchev–Trinajstić information content (AvgIpc) is 2.53. The van der Waals surface area contributed by atoms with Gasteiger partial charge in [-0.1, -0.05) is 37.3 Å². The minimum atomic E-state index is -1.22. The van der Waals surface area contributed by atoms with Crippen LogP contribution in [0.4, 0.5) is 4.79 Å². The van der Waals surface area contributed by atoms with E-state index in [0.717, 1.165) is 5.56 Å². The zero-order valence-corrected chi connectivity index (χ0v) is 13.0. The lowest BCUT2D eigenvalue weighted by atomic mass is 9.91. The summed E-state index contributed by atoms with van der Waals surface area (Å²) >= 11 is 0. The summed E-state index contributed by atoms with van der Waals surface area (Å²) in [5.74, 6) is -0.988. The topological polar surface area (TPSA) is 70.1 Å². The number of benzene rings is 1. The second kappa shape index (κ2) is 6.79. The van der Waals surface area contributed by atoms with Crippen LogP contribution in [0.1, 0.15) is 18.9 Å². The van der Waals surface area contributed by atoms with Crippen LogP contribution in [0.15, 0.2) is 30.3 Å². The van der Waals surface area contributed by atoms with Gasteiger partial charge in [0.05, 0.1) is 0 Å². The minimum Gasteiger partial charge on any atom is -0.479 e. The molecule has 6 heteroatoms. The molecule has 0 bridgehead atoms. The van der Waals surface area contributed by atoms with E-state index in [0.29, 0.717) is 26.1 Å². The molecular formula is C16H22N2O4. The summed E-state index contributed by atoms with van der Waals surface area (Å²) in [6, 6.07) is 9.35. The van der Waals surface area contributed by atoms with E-state index in [4.69, 9.17) is 4.74 Å². The molecule has 1 heterocycles. The van der Waals surface area contributed by atoms with Gasteiger partial charge in [0.2, 0.25) is 0 Å². The molecule has 1 aliphatic heterocycles. The average molecular weight is 306 g/mol. The van der Waals surface area contributed by atoms with E-state index in [-0.39, 0.29) is 6.61 Å². The number of amides is 1. The van der Waals surface area contributed by atoms with Gasteiger partial charge >= 0.3 is 12.1 Å². The summed E-state index contributed by atoms with van der Waals surface area (Å²) in [4.78, 5) is 27.4. The molecule has 6 nitrogen and oxygen atoms in total. The highest BCUT2D eigenvalue weighted by Gasteiger charge is 2.49. The van der Waals surface area contributed by atoms with Crippen LogP contribution in [0.3, 0.4) is 0 Å². The van der Waals surface area contributed by atoms with Crippen LogP contribution in [-0.4, -0.2) is 59.2 Å². The highest BCUT2D eigenvalue weighted by Crippen LogP contribution is 2.26. The van der Waals surface area contributed by atoms with Gasteiger partial charge in [0.1, 0.15) is 6.61 Å². The van der Waals surface area contributed by atoms with Crippen molar-refractivity contribution in [2.24, 2.45) is 0 Å². The SMILES string of the molecule is CC[C@@]1(C(=O)O)CN(C)CCN1C(=O)OCc1ccccc1. The third-order valence-electron chi connectivity index (χ3n) is 4.16. The molecule has 0 saturated carbocycles. The van der Waals surface area contributed by atoms with Gasteiger partial charge in [-0.05, 0) is 19.0 Å². The standard InChI is InChI=1S/C16H22N2O4/c1-3-16(14(19)20)12-17(2)9-10-18(16)15(21)22-11-13-7-5-4-6-8-13/h4-8H,3,9-12H2,1-2H3,(H,19,20)/t16-/m0/s1. The number of carbonyl (C=O) groups excluding carboxylic acids is 1. The molecule has 1 aromatic rings. The van der Waals surface area contributed by atoms with Crippen LogP contribution in [0.25, 0.3) is 0 Å². The van der Waals surface area contributed by atoms with Gasteiger partial charge in [0.25, 0.3) is 0 Å². The van der Waals surface area contributed by atoms with Crippen LogP contribution in [0.5, 0.6) is 0 Å². The van der Waals surface area contributed by atoms with E-state index in [1.165, 1.54) is 4.90 Å². The van der Waals surface area contributed by atoms with Gasteiger partial charge in [-0.3, -0.25) is 4.90 Å². The van der Waals surface area contributed by atoms with Crippen LogP contribution in [-0.2, 0) is 16.1 Å². The van der Waals surface area contributed by atoms with Crippen molar-refractivity contribution in [1.82, 2.24) is 9.80 Å². The van der Waals surface area contributed by atoms with E-state index >= 15 is 0 Å². The fraction of sp³-hybridized carbons (Fsp3) is 0.500. The van der Waals surface area contributed by atoms with E-state index in [9.17, 15) is 14.7 Å². The van der Waals surface area contributed by atoms with E-state index in [1.807, 2.05) is 42.3 Å². The number of hydrogen-bond donors (Lipinski definition) is 1. The summed E-state index contributed by atoms with van der Waals surface area (Å²) < 4.78 is 5.32. The summed E-state index contributed by atoms with van der Waals surface area (Å²) in [5, 5.41) is 9.63. The third-order valence-corrected chi connectivity index (χ3v) is 4.16. The molecule has 0 radical (unpaired) electrons. The lowest BCUT2D eigenvalue weighted by molar-refractivity contribution is -0.155. The molecule has 0 aromatic heterocycles. The number of rotatable bonds is 4. The third kappa shape index (κ3) is 3.22. The molecule has 1 aromatic carbocycles. The first-order chi connectivity index (χ1) is 10.5. The molecule has 1 atom stereocenters. The zero-order valence-electron chi connectivity index (χ0n) is 13.0. The van der Waals surface area contributed by atoms with Crippen molar-refractivity contribution in [2.45, 2.75) is 25.5 Å². The number of carbonyl (C=O) groups is 2. The number of nitrogens with zero attached hydrogens (tertiary/aromatic N) is 2. The molecule has 1 fully saturated rings. The maximum absolute atomic E-state index is 12.4. The minimum absolute atomic E-state index is 0.144. The summed E-state index contributed by atoms with van der Waals surface area (Å²) in [6.45, 7) is 3.22. The molecule has 0 unspecified atom stereocenters. The molecule has 1 saturated heterocycles. The lowest BCUT2D eigenvalue weighted by Crippen LogP contribution is -2.66. The number of ether oxygens (including phenoxy) is 1. The fourth-order valence-corrected chi connectivity index (χ4v) is 2.80. The van der Waals surface area contributed by atoms with Crippen molar-refractivity contribution >= 4 is 12.1 Å². The Kier molecular flexibility index (Phi) is 5.03. The second-order valence-corrected chi connectivity index (χ2v) is 5.62. The number of piperazine rings is 1. The maximum Gasteiger partial charge on any atom is 0.411 e. The van der Waals surface area contributed by atoms with Gasteiger partial charge in [0, 0.05) is 19.6 Å². The lowest BCUT2D eigenvalue weighted by Gasteiger charge is -2.46. The van der Waals surface area contributed by atoms with Crippen LogP contribution in [0, 0.1) is 0 Å². The Morgan fingerprint density at radius 1 is 1.27 bits per heavy atom. The van der Waals surface area contributed by atoms with E-state index in [2.05, 4.69) is 0 Å². The number of hydrogen-bond acceptors (Lipinski definition) is 4. The molecule has 120 valence electrons. The predicted molar refractivity (Wildman–Crippen MR) is 81.5 cm³/mol. The Labute approximate surface area is 130 Å². The Balaban J connectivity index is 2.10. The fourth-order valence-electron chi connectivity index (χ4n) is 2.80. The molecule has 22 heavy (non-hydrogen) atoms. The van der Waals surface area contributed by atoms with Crippen LogP contribution < -0.4 is 0 Å². The van der Waals surface area contributed by atoms with Gasteiger partial charge in [0.15, 0.2) is 5.54 Å². The Hall–Kier alpha value is -2.08. The number of likely N-dealkylation sites (N-methyl/N-ethyl adjacent to an activating group) is 1. The largest absolute Gasteiger partial charge is 0.479 e. The normalized spacial score (nSPS) is 22.4. The highest BCUT2D eigenvalue weighted by molar-refractivity contribution is 5.85. The Morgan fingerprint density at radius 2 is 1.95 bits per heavy atom. The Morgan fingerprint density at radius 3 is 2.55 bits per heavy atom. The summed E-state index contributed by atoms with van der Waals surface area (Å²) in [5.41, 5.74) is -0.344. The summed E-state index contributed by atoms with van der Waals surface area (Å²) in [6.07, 6.45) is -0.228. The van der Waals surface area contributed by atoms with Crippen molar-refractivity contribution < 1.29 is 19.4 Å². The van der Waals surface area contributed by atoms with Gasteiger partial charge in [-0.25, -0.2) is 9.59 Å². The number of aliphatic carboxylic acids is 1. The quantitative estimate of drug-likeness (QED) is 0.918. The van der Waals surface area contributed by atoms with Gasteiger partial charge in [-0.15, -0.1) is 0 Å². The van der Waals surface area contributed by atoms with E-state index in [1.54, 1.807) is 6.92 Å². The molecule has 1 N–H and O–H groups in total. The van der Waals surface area contributed by atoms with Crippen LogP contribution in [0.2, 0.25) is 0 Å². The van der Waals surface area contributed by atoms with E-state index < -0.39 is 17.6 Å². The van der Waals surface area contributed by atoms with Gasteiger partial charge in [-0.2, -0.15) is 0 Å². The maximum atomic E-state index is 12.4. The first-order valence-corrected chi connectivity index (χ1v) is 7.40. The van der Waals surface area contributed by atoms with Crippen molar-refractivity contribution in [3.8, 4) is 0 Å². The number of carboxylic acids is 1. The highest BCUT2D eigenvalue weighted by atomic mass is 16.6. The first-order valence-electron chi connectivity index (χ1n) is 7.40. The monoisotopic (exact) mass is 306 g/mol. The molecule has 0 aliphatic carbocycles. The second-order valence-electron chi connectivity index (χ2n) is 5.62. The van der Waals surface area contributed by atoms with Crippen LogP contribution >= 0.6 is 0 Å². The smallest absolute Gasteiger partial charge is 0.411 e. The Bertz CT molecular complexity index is 534. The van der Waals surface area contributed by atoms with Crippen molar-refractivity contribution in [3.63, 3.8) is 0 Å². The van der Waals surface area contributed by atoms with Gasteiger partial charge < -0.3 is 14.7 Å². The molecule has 2 rings (SSSR count). The summed E-state index contributed by atoms with van der Waals surface area (Å²) in [7, 11) is 1.86. The molecule has 0 spiro atoms. The zero-order chi connectivity index (χ0) is 16.2. The molecular weight excluding hydrogens is 284 g/mol. The first kappa shape index (κ1) is 16.3. The molecule has 1 amide bonds. The predicted octanol–water partition coefficient (Wildman–Crippen LogP) is 1.80. The number of carboxylic acid groups (broad SMARTS) is 1.